The molecule has 0 aliphatic heterocycles. The van der Waals surface area contributed by atoms with E-state index in [1.54, 1.807) is 55.0 Å². The number of alkyl halides is 3. The first-order valence-electron chi connectivity index (χ1n) is 9.41. The van der Waals surface area contributed by atoms with Crippen LogP contribution in [0.25, 0.3) is 11.3 Å². The highest BCUT2D eigenvalue weighted by Gasteiger charge is 2.30. The number of halogens is 3. The van der Waals surface area contributed by atoms with E-state index >= 15 is 0 Å². The zero-order valence-electron chi connectivity index (χ0n) is 16.1. The lowest BCUT2D eigenvalue weighted by Gasteiger charge is -2.09. The molecule has 0 atom stereocenters. The molecule has 5 nitrogen and oxygen atoms in total. The molecule has 8 heteroatoms. The third kappa shape index (κ3) is 4.63. The van der Waals surface area contributed by atoms with Crippen LogP contribution in [-0.4, -0.2) is 21.0 Å². The summed E-state index contributed by atoms with van der Waals surface area (Å²) in [7, 11) is 0. The molecule has 0 saturated carbocycles. The van der Waals surface area contributed by atoms with Gasteiger partial charge in [-0.1, -0.05) is 12.1 Å². The molecule has 0 spiro atoms. The number of nitrogens with zero attached hydrogens (tertiary/aromatic N) is 2. The standard InChI is InChI=1S/C23H17F3N4O/c24-23(25,26)19-5-1-15(2-6-19)21-18(14-29-30-21)13-28-20-7-3-16(4-8-20)22(31)17-9-11-27-12-10-17/h1-12,14,28H,13H2,(H,29,30). The predicted molar refractivity (Wildman–Crippen MR) is 110 cm³/mol. The topological polar surface area (TPSA) is 70.7 Å². The third-order valence-electron chi connectivity index (χ3n) is 4.78. The zero-order chi connectivity index (χ0) is 21.8. The number of anilines is 1. The van der Waals surface area contributed by atoms with Crippen molar-refractivity contribution in [3.8, 4) is 11.3 Å². The van der Waals surface area contributed by atoms with Gasteiger partial charge in [0.2, 0.25) is 0 Å². The van der Waals surface area contributed by atoms with Gasteiger partial charge in [0.15, 0.2) is 5.78 Å². The van der Waals surface area contributed by atoms with Crippen LogP contribution in [0.2, 0.25) is 0 Å². The molecule has 2 heterocycles. The van der Waals surface area contributed by atoms with Crippen LogP contribution in [0.3, 0.4) is 0 Å². The van der Waals surface area contributed by atoms with E-state index in [-0.39, 0.29) is 5.78 Å². The normalized spacial score (nSPS) is 11.3. The summed E-state index contributed by atoms with van der Waals surface area (Å²) in [4.78, 5) is 16.4. The number of carbonyl (C=O) groups excluding carboxylic acids is 1. The van der Waals surface area contributed by atoms with Gasteiger partial charge in [0.25, 0.3) is 0 Å². The van der Waals surface area contributed by atoms with E-state index in [0.717, 1.165) is 23.4 Å². The molecule has 2 aromatic carbocycles. The van der Waals surface area contributed by atoms with Crippen LogP contribution in [0.4, 0.5) is 18.9 Å². The van der Waals surface area contributed by atoms with Crippen molar-refractivity contribution in [2.24, 2.45) is 0 Å². The Morgan fingerprint density at radius 1 is 0.903 bits per heavy atom. The van der Waals surface area contributed by atoms with Crippen LogP contribution >= 0.6 is 0 Å². The highest BCUT2D eigenvalue weighted by molar-refractivity contribution is 6.09. The predicted octanol–water partition coefficient (Wildman–Crippen LogP) is 5.33. The summed E-state index contributed by atoms with van der Waals surface area (Å²) in [5, 5.41) is 10.2. The molecular weight excluding hydrogens is 405 g/mol. The number of pyridine rings is 1. The maximum absolute atomic E-state index is 12.8. The van der Waals surface area contributed by atoms with Gasteiger partial charge in [-0.05, 0) is 48.5 Å². The van der Waals surface area contributed by atoms with E-state index in [0.29, 0.717) is 28.9 Å². The van der Waals surface area contributed by atoms with Crippen LogP contribution in [0.15, 0.2) is 79.3 Å². The third-order valence-corrected chi connectivity index (χ3v) is 4.78. The quantitative estimate of drug-likeness (QED) is 0.412. The number of hydrogen-bond acceptors (Lipinski definition) is 4. The summed E-state index contributed by atoms with van der Waals surface area (Å²) in [6.45, 7) is 0.407. The van der Waals surface area contributed by atoms with Gasteiger partial charge in [-0.3, -0.25) is 14.9 Å². The summed E-state index contributed by atoms with van der Waals surface area (Å²) >= 11 is 0. The zero-order valence-corrected chi connectivity index (χ0v) is 16.1. The highest BCUT2D eigenvalue weighted by Crippen LogP contribution is 2.31. The number of benzene rings is 2. The van der Waals surface area contributed by atoms with Crippen LogP contribution in [-0.2, 0) is 12.7 Å². The second-order valence-electron chi connectivity index (χ2n) is 6.83. The first-order valence-corrected chi connectivity index (χ1v) is 9.41. The van der Waals surface area contributed by atoms with Crippen molar-refractivity contribution in [2.45, 2.75) is 12.7 Å². The first kappa shape index (κ1) is 20.3. The number of H-pyrrole nitrogens is 1. The van der Waals surface area contributed by atoms with E-state index in [4.69, 9.17) is 0 Å². The summed E-state index contributed by atoms with van der Waals surface area (Å²) < 4.78 is 38.3. The molecule has 156 valence electrons. The minimum Gasteiger partial charge on any atom is -0.381 e. The molecule has 4 aromatic rings. The maximum Gasteiger partial charge on any atom is 0.416 e. The second kappa shape index (κ2) is 8.43. The Morgan fingerprint density at radius 3 is 2.19 bits per heavy atom. The molecule has 0 bridgehead atoms. The highest BCUT2D eigenvalue weighted by atomic mass is 19.4. The fourth-order valence-corrected chi connectivity index (χ4v) is 3.12. The lowest BCUT2D eigenvalue weighted by molar-refractivity contribution is -0.137. The number of ketones is 1. The number of aromatic amines is 1. The van der Waals surface area contributed by atoms with Crippen molar-refractivity contribution in [3.05, 3.63) is 102 Å². The number of aromatic nitrogens is 3. The molecule has 31 heavy (non-hydrogen) atoms. The molecule has 2 N–H and O–H groups in total. The van der Waals surface area contributed by atoms with E-state index in [2.05, 4.69) is 20.5 Å². The van der Waals surface area contributed by atoms with Gasteiger partial charge in [0.05, 0.1) is 11.3 Å². The average Bonchev–Trinajstić information content (AvgIpc) is 3.26. The SMILES string of the molecule is O=C(c1ccncc1)c1ccc(NCc2c[nH]nc2-c2ccc(C(F)(F)F)cc2)cc1. The summed E-state index contributed by atoms with van der Waals surface area (Å²) in [5.41, 5.74) is 3.19. The fraction of sp³-hybridized carbons (Fsp3) is 0.0870. The molecule has 0 saturated heterocycles. The Labute approximate surface area is 176 Å². The lowest BCUT2D eigenvalue weighted by atomic mass is 10.0. The number of hydrogen-bond donors (Lipinski definition) is 2. The number of carbonyl (C=O) groups is 1. The number of rotatable bonds is 6. The van der Waals surface area contributed by atoms with E-state index in [9.17, 15) is 18.0 Å². The van der Waals surface area contributed by atoms with Gasteiger partial charge in [-0.25, -0.2) is 0 Å². The Morgan fingerprint density at radius 2 is 1.55 bits per heavy atom. The van der Waals surface area contributed by atoms with Gasteiger partial charge in [0, 0.05) is 53.1 Å². The van der Waals surface area contributed by atoms with Crippen molar-refractivity contribution in [1.82, 2.24) is 15.2 Å². The first-order chi connectivity index (χ1) is 14.9. The Hall–Kier alpha value is -3.94. The smallest absolute Gasteiger partial charge is 0.381 e. The molecular formula is C23H17F3N4O. The molecule has 0 radical (unpaired) electrons. The molecule has 0 unspecified atom stereocenters. The molecule has 0 fully saturated rings. The van der Waals surface area contributed by atoms with Crippen LogP contribution in [0.5, 0.6) is 0 Å². The minimum atomic E-state index is -4.38. The molecule has 0 aliphatic rings. The van der Waals surface area contributed by atoms with Crippen LogP contribution < -0.4 is 5.32 Å². The Balaban J connectivity index is 1.44. The summed E-state index contributed by atoms with van der Waals surface area (Å²) in [6.07, 6.45) is 0.464. The average molecular weight is 422 g/mol. The van der Waals surface area contributed by atoms with E-state index in [1.807, 2.05) is 0 Å². The Kier molecular flexibility index (Phi) is 5.53. The fourth-order valence-electron chi connectivity index (χ4n) is 3.12. The lowest BCUT2D eigenvalue weighted by Crippen LogP contribution is -2.04. The van der Waals surface area contributed by atoms with Gasteiger partial charge in [-0.15, -0.1) is 0 Å². The molecule has 0 aliphatic carbocycles. The van der Waals surface area contributed by atoms with Crippen molar-refractivity contribution in [3.63, 3.8) is 0 Å². The van der Waals surface area contributed by atoms with Crippen LogP contribution in [0.1, 0.15) is 27.0 Å². The van der Waals surface area contributed by atoms with Gasteiger partial charge in [0.1, 0.15) is 0 Å². The minimum absolute atomic E-state index is 0.0895. The largest absolute Gasteiger partial charge is 0.416 e. The summed E-state index contributed by atoms with van der Waals surface area (Å²) in [6, 6.07) is 15.3. The van der Waals surface area contributed by atoms with Crippen molar-refractivity contribution in [2.75, 3.05) is 5.32 Å². The Bertz CT molecular complexity index is 1170. The van der Waals surface area contributed by atoms with E-state index < -0.39 is 11.7 Å². The van der Waals surface area contributed by atoms with Crippen molar-refractivity contribution >= 4 is 11.5 Å². The van der Waals surface area contributed by atoms with Crippen molar-refractivity contribution < 1.29 is 18.0 Å². The van der Waals surface area contributed by atoms with Crippen molar-refractivity contribution in [1.29, 1.82) is 0 Å². The van der Waals surface area contributed by atoms with E-state index in [1.165, 1.54) is 12.1 Å². The van der Waals surface area contributed by atoms with Gasteiger partial charge < -0.3 is 5.32 Å². The molecule has 4 rings (SSSR count). The molecule has 2 aromatic heterocycles. The maximum atomic E-state index is 12.8. The second-order valence-corrected chi connectivity index (χ2v) is 6.83. The van der Waals surface area contributed by atoms with Crippen LogP contribution in [0, 0.1) is 0 Å². The number of nitrogens with one attached hydrogen (secondary N) is 2. The monoisotopic (exact) mass is 422 g/mol. The summed E-state index contributed by atoms with van der Waals surface area (Å²) in [5.74, 6) is -0.0895. The van der Waals surface area contributed by atoms with Gasteiger partial charge >= 0.3 is 6.18 Å². The van der Waals surface area contributed by atoms with Gasteiger partial charge in [-0.2, -0.15) is 18.3 Å². The molecule has 0 amide bonds.